The molecular weight excluding hydrogens is 323 g/mol. The van der Waals surface area contributed by atoms with Crippen molar-refractivity contribution in [2.75, 3.05) is 20.3 Å². The minimum absolute atomic E-state index is 0.287. The maximum absolute atomic E-state index is 13.8. The van der Waals surface area contributed by atoms with Gasteiger partial charge in [-0.15, -0.1) is 0 Å². The van der Waals surface area contributed by atoms with Gasteiger partial charge in [-0.2, -0.15) is 0 Å². The monoisotopic (exact) mass is 348 g/mol. The smallest absolute Gasteiger partial charge is 0.326 e. The maximum Gasteiger partial charge on any atom is 0.326 e. The van der Waals surface area contributed by atoms with Gasteiger partial charge < -0.3 is 19.7 Å². The number of fused-ring (bicyclic) bond motifs is 3. The Kier molecular flexibility index (Phi) is 5.39. The molecule has 3 rings (SSSR count). The Labute approximate surface area is 146 Å². The molecule has 2 atom stereocenters. The van der Waals surface area contributed by atoms with Crippen molar-refractivity contribution in [1.29, 1.82) is 0 Å². The zero-order valence-electron chi connectivity index (χ0n) is 14.7. The van der Waals surface area contributed by atoms with E-state index < -0.39 is 12.0 Å². The molecule has 1 heterocycles. The Morgan fingerprint density at radius 2 is 2.32 bits per heavy atom. The Bertz CT molecular complexity index is 772. The fourth-order valence-corrected chi connectivity index (χ4v) is 3.93. The van der Waals surface area contributed by atoms with Crippen LogP contribution in [0.15, 0.2) is 18.2 Å². The first-order chi connectivity index (χ1) is 12.1. The summed E-state index contributed by atoms with van der Waals surface area (Å²) < 4.78 is 20.8. The van der Waals surface area contributed by atoms with Gasteiger partial charge in [0.05, 0.1) is 6.61 Å². The minimum Gasteiger partial charge on any atom is -0.480 e. The number of methoxy groups -OCH3 is 1. The van der Waals surface area contributed by atoms with E-state index in [2.05, 4.69) is 5.32 Å². The van der Waals surface area contributed by atoms with Crippen molar-refractivity contribution >= 4 is 16.9 Å². The van der Waals surface area contributed by atoms with E-state index in [-0.39, 0.29) is 5.82 Å². The molecule has 0 saturated carbocycles. The zero-order chi connectivity index (χ0) is 18.0. The number of aliphatic carboxylic acids is 1. The number of aromatic nitrogens is 1. The molecule has 136 valence electrons. The lowest BCUT2D eigenvalue weighted by atomic mass is 9.91. The van der Waals surface area contributed by atoms with E-state index in [1.807, 2.05) is 11.5 Å². The second-order valence-corrected chi connectivity index (χ2v) is 6.61. The van der Waals surface area contributed by atoms with Crippen molar-refractivity contribution in [2.45, 2.75) is 44.7 Å². The second kappa shape index (κ2) is 7.54. The predicted molar refractivity (Wildman–Crippen MR) is 94.6 cm³/mol. The number of nitrogens with one attached hydrogen (secondary N) is 1. The van der Waals surface area contributed by atoms with Gasteiger partial charge in [-0.05, 0) is 49.4 Å². The van der Waals surface area contributed by atoms with E-state index in [1.54, 1.807) is 13.2 Å². The number of ether oxygens (including phenoxy) is 1. The van der Waals surface area contributed by atoms with Crippen LogP contribution in [-0.2, 0) is 22.4 Å². The molecule has 0 spiro atoms. The lowest BCUT2D eigenvalue weighted by molar-refractivity contribution is -0.140. The van der Waals surface area contributed by atoms with Crippen molar-refractivity contribution in [3.63, 3.8) is 0 Å². The molecule has 0 aliphatic heterocycles. The Morgan fingerprint density at radius 3 is 3.00 bits per heavy atom. The van der Waals surface area contributed by atoms with Crippen molar-refractivity contribution in [3.8, 4) is 0 Å². The van der Waals surface area contributed by atoms with Crippen LogP contribution >= 0.6 is 0 Å². The summed E-state index contributed by atoms with van der Waals surface area (Å²) in [5.41, 5.74) is 2.94. The highest BCUT2D eigenvalue weighted by Gasteiger charge is 2.30. The summed E-state index contributed by atoms with van der Waals surface area (Å²) in [5.74, 6) is -1.13. The highest BCUT2D eigenvalue weighted by Crippen LogP contribution is 2.36. The van der Waals surface area contributed by atoms with Crippen LogP contribution in [0.2, 0.25) is 0 Å². The van der Waals surface area contributed by atoms with Crippen molar-refractivity contribution < 1.29 is 19.0 Å². The maximum atomic E-state index is 13.8. The van der Waals surface area contributed by atoms with Crippen LogP contribution in [0.4, 0.5) is 4.39 Å². The molecule has 6 heteroatoms. The normalized spacial score (nSPS) is 18.3. The summed E-state index contributed by atoms with van der Waals surface area (Å²) in [5, 5.41) is 13.9. The van der Waals surface area contributed by atoms with Gasteiger partial charge in [-0.3, -0.25) is 0 Å². The molecule has 2 N–H and O–H groups in total. The van der Waals surface area contributed by atoms with E-state index in [1.165, 1.54) is 12.1 Å². The number of halogens is 1. The van der Waals surface area contributed by atoms with Crippen LogP contribution < -0.4 is 5.32 Å². The van der Waals surface area contributed by atoms with Crippen molar-refractivity contribution in [2.24, 2.45) is 0 Å². The molecule has 25 heavy (non-hydrogen) atoms. The molecule has 0 fully saturated rings. The van der Waals surface area contributed by atoms with E-state index in [9.17, 15) is 14.3 Å². The molecule has 2 aromatic rings. The number of nitrogens with zero attached hydrogens (tertiary/aromatic N) is 1. The van der Waals surface area contributed by atoms with Crippen molar-refractivity contribution in [3.05, 3.63) is 35.3 Å². The lowest BCUT2D eigenvalue weighted by Gasteiger charge is -2.26. The lowest BCUT2D eigenvalue weighted by Crippen LogP contribution is -2.37. The third-order valence-corrected chi connectivity index (χ3v) is 5.09. The molecule has 2 unspecified atom stereocenters. The summed E-state index contributed by atoms with van der Waals surface area (Å²) in [6, 6.07) is 4.34. The number of rotatable bonds is 7. The van der Waals surface area contributed by atoms with E-state index >= 15 is 0 Å². The van der Waals surface area contributed by atoms with Crippen LogP contribution in [0.25, 0.3) is 10.9 Å². The number of benzene rings is 1. The van der Waals surface area contributed by atoms with E-state index in [0.29, 0.717) is 19.1 Å². The fourth-order valence-electron chi connectivity index (χ4n) is 3.93. The summed E-state index contributed by atoms with van der Waals surface area (Å²) in [7, 11) is 1.67. The van der Waals surface area contributed by atoms with Gasteiger partial charge in [0.2, 0.25) is 0 Å². The SMILES string of the molecule is CCC(C(=O)O)n1c2c(c3cc(F)ccc31)CC(NCCOC)CC2. The first kappa shape index (κ1) is 17.9. The first-order valence-corrected chi connectivity index (χ1v) is 8.83. The number of hydrogen-bond acceptors (Lipinski definition) is 3. The standard InChI is InChI=1S/C19H25FN2O3/c1-3-16(19(23)24)22-17-6-4-12(20)10-14(17)15-11-13(5-7-18(15)22)21-8-9-25-2/h4,6,10,13,16,21H,3,5,7-9,11H2,1-2H3,(H,23,24). The second-order valence-electron chi connectivity index (χ2n) is 6.61. The molecule has 0 saturated heterocycles. The minimum atomic E-state index is -0.841. The molecule has 0 bridgehead atoms. The van der Waals surface area contributed by atoms with Crippen LogP contribution in [0.1, 0.15) is 37.1 Å². The molecular formula is C19H25FN2O3. The molecule has 1 aliphatic carbocycles. The van der Waals surface area contributed by atoms with E-state index in [0.717, 1.165) is 48.0 Å². The highest BCUT2D eigenvalue weighted by atomic mass is 19.1. The highest BCUT2D eigenvalue weighted by molar-refractivity contribution is 5.88. The van der Waals surface area contributed by atoms with Gasteiger partial charge >= 0.3 is 5.97 Å². The van der Waals surface area contributed by atoms with Gasteiger partial charge in [0.1, 0.15) is 11.9 Å². The number of carboxylic acids is 1. The molecule has 5 nitrogen and oxygen atoms in total. The third-order valence-electron chi connectivity index (χ3n) is 5.09. The van der Waals surface area contributed by atoms with Gasteiger partial charge in [0, 0.05) is 36.3 Å². The van der Waals surface area contributed by atoms with Crippen LogP contribution in [0.5, 0.6) is 0 Å². The molecule has 0 radical (unpaired) electrons. The van der Waals surface area contributed by atoms with Crippen LogP contribution in [0, 0.1) is 5.82 Å². The first-order valence-electron chi connectivity index (χ1n) is 8.83. The third kappa shape index (κ3) is 3.41. The molecule has 1 aliphatic rings. The number of hydrogen-bond donors (Lipinski definition) is 2. The average Bonchev–Trinajstić information content (AvgIpc) is 2.89. The average molecular weight is 348 g/mol. The Balaban J connectivity index is 2.04. The zero-order valence-corrected chi connectivity index (χ0v) is 14.7. The summed E-state index contributed by atoms with van der Waals surface area (Å²) >= 11 is 0. The van der Waals surface area contributed by atoms with Gasteiger partial charge in [-0.1, -0.05) is 6.92 Å². The molecule has 0 amide bonds. The Morgan fingerprint density at radius 1 is 1.52 bits per heavy atom. The van der Waals surface area contributed by atoms with Gasteiger partial charge in [-0.25, -0.2) is 9.18 Å². The summed E-state index contributed by atoms with van der Waals surface area (Å²) in [6.07, 6.45) is 3.01. The van der Waals surface area contributed by atoms with Gasteiger partial charge in [0.15, 0.2) is 0 Å². The van der Waals surface area contributed by atoms with Crippen LogP contribution in [-0.4, -0.2) is 41.9 Å². The number of carboxylic acid groups (broad SMARTS) is 1. The molecule has 1 aromatic carbocycles. The Hall–Kier alpha value is -1.92. The number of carbonyl (C=O) groups is 1. The topological polar surface area (TPSA) is 63.5 Å². The predicted octanol–water partition coefficient (Wildman–Crippen LogP) is 2.91. The fraction of sp³-hybridized carbons (Fsp3) is 0.526. The quantitative estimate of drug-likeness (QED) is 0.755. The largest absolute Gasteiger partial charge is 0.480 e. The summed E-state index contributed by atoms with van der Waals surface area (Å²) in [6.45, 7) is 3.30. The molecule has 1 aromatic heterocycles. The summed E-state index contributed by atoms with van der Waals surface area (Å²) in [4.78, 5) is 11.7. The van der Waals surface area contributed by atoms with Crippen LogP contribution in [0.3, 0.4) is 0 Å². The van der Waals surface area contributed by atoms with Gasteiger partial charge in [0.25, 0.3) is 0 Å². The van der Waals surface area contributed by atoms with E-state index in [4.69, 9.17) is 4.74 Å². The van der Waals surface area contributed by atoms with Crippen molar-refractivity contribution in [1.82, 2.24) is 9.88 Å².